The summed E-state index contributed by atoms with van der Waals surface area (Å²) in [7, 11) is 0. The molecular weight excluding hydrogens is 563 g/mol. The lowest BCUT2D eigenvalue weighted by molar-refractivity contribution is 0.621. The number of rotatable bonds is 6. The van der Waals surface area contributed by atoms with Crippen LogP contribution in [-0.2, 0) is 0 Å². The van der Waals surface area contributed by atoms with E-state index in [1.165, 1.54) is 61.6 Å². The number of aromatic nitrogens is 1. The monoisotopic (exact) mass is 592 g/mol. The lowest BCUT2D eigenvalue weighted by Gasteiger charge is -2.24. The van der Waals surface area contributed by atoms with Gasteiger partial charge in [0.15, 0.2) is 0 Å². The number of fused-ring (bicyclic) bond motifs is 2. The summed E-state index contributed by atoms with van der Waals surface area (Å²) in [5, 5.41) is 4.84. The lowest BCUT2D eigenvalue weighted by Crippen LogP contribution is -2.11. The standard InChI is InChI=1S/C43H29FN2/c44-34-25-28-41(45-29-34)46(35-13-5-2-6-14-35)36-26-23-33(24-27-36)43-39-17-9-7-15-37(39)42(38-16-8-10-18-40(38)43)32-21-19-31(20-22-32)30-11-3-1-4-12-30/h1-29H. The van der Waals surface area contributed by atoms with Gasteiger partial charge in [-0.05, 0) is 91.3 Å². The summed E-state index contributed by atoms with van der Waals surface area (Å²) in [5.74, 6) is 0.292. The van der Waals surface area contributed by atoms with Gasteiger partial charge in [-0.15, -0.1) is 0 Å². The van der Waals surface area contributed by atoms with Crippen LogP contribution in [0.5, 0.6) is 0 Å². The first-order valence-corrected chi connectivity index (χ1v) is 15.4. The van der Waals surface area contributed by atoms with Crippen LogP contribution in [0.25, 0.3) is 54.9 Å². The van der Waals surface area contributed by atoms with Gasteiger partial charge in [-0.1, -0.05) is 133 Å². The largest absolute Gasteiger partial charge is 0.295 e. The van der Waals surface area contributed by atoms with Crippen LogP contribution in [-0.4, -0.2) is 4.98 Å². The number of hydrogen-bond donors (Lipinski definition) is 0. The molecule has 1 heterocycles. The second-order valence-electron chi connectivity index (χ2n) is 11.3. The molecule has 0 atom stereocenters. The average molecular weight is 593 g/mol. The number of anilines is 3. The third kappa shape index (κ3) is 4.98. The van der Waals surface area contributed by atoms with Crippen molar-refractivity contribution >= 4 is 38.7 Å². The molecule has 0 saturated carbocycles. The summed E-state index contributed by atoms with van der Waals surface area (Å²) in [6.07, 6.45) is 1.26. The average Bonchev–Trinajstić information content (AvgIpc) is 3.13. The molecule has 0 saturated heterocycles. The van der Waals surface area contributed by atoms with Crippen LogP contribution in [0.2, 0.25) is 0 Å². The highest BCUT2D eigenvalue weighted by Crippen LogP contribution is 2.44. The van der Waals surface area contributed by atoms with Crippen molar-refractivity contribution < 1.29 is 4.39 Å². The quantitative estimate of drug-likeness (QED) is 0.179. The zero-order valence-corrected chi connectivity index (χ0v) is 25.0. The molecule has 0 aliphatic rings. The van der Waals surface area contributed by atoms with E-state index in [4.69, 9.17) is 0 Å². The Morgan fingerprint density at radius 3 is 1.28 bits per heavy atom. The SMILES string of the molecule is Fc1ccc(N(c2ccccc2)c2ccc(-c3c4ccccc4c(-c4ccc(-c5ccccc5)cc4)c4ccccc34)cc2)nc1. The van der Waals surface area contributed by atoms with E-state index in [0.29, 0.717) is 5.82 Å². The van der Waals surface area contributed by atoms with Gasteiger partial charge in [-0.3, -0.25) is 4.90 Å². The molecule has 8 aromatic rings. The fraction of sp³-hybridized carbons (Fsp3) is 0. The normalized spacial score (nSPS) is 11.2. The molecule has 1 aromatic heterocycles. The van der Waals surface area contributed by atoms with Gasteiger partial charge in [0.2, 0.25) is 0 Å². The third-order valence-electron chi connectivity index (χ3n) is 8.58. The molecule has 0 aliphatic carbocycles. The zero-order chi connectivity index (χ0) is 30.9. The van der Waals surface area contributed by atoms with Gasteiger partial charge in [0.25, 0.3) is 0 Å². The van der Waals surface area contributed by atoms with Crippen LogP contribution >= 0.6 is 0 Å². The number of benzene rings is 7. The maximum Gasteiger partial charge on any atom is 0.141 e. The summed E-state index contributed by atoms with van der Waals surface area (Å²) in [4.78, 5) is 6.45. The van der Waals surface area contributed by atoms with Crippen LogP contribution < -0.4 is 4.90 Å². The van der Waals surface area contributed by atoms with Gasteiger partial charge in [-0.25, -0.2) is 9.37 Å². The summed E-state index contributed by atoms with van der Waals surface area (Å²) in [5.41, 5.74) is 9.07. The van der Waals surface area contributed by atoms with Gasteiger partial charge in [0.05, 0.1) is 6.20 Å². The Balaban J connectivity index is 1.27. The van der Waals surface area contributed by atoms with Crippen LogP contribution in [0.3, 0.4) is 0 Å². The minimum Gasteiger partial charge on any atom is -0.295 e. The molecule has 2 nitrogen and oxygen atoms in total. The van der Waals surface area contributed by atoms with Crippen molar-refractivity contribution in [2.45, 2.75) is 0 Å². The molecule has 8 rings (SSSR count). The van der Waals surface area contributed by atoms with E-state index in [-0.39, 0.29) is 5.82 Å². The Hall–Kier alpha value is -6.06. The number of para-hydroxylation sites is 1. The molecule has 0 fully saturated rings. The van der Waals surface area contributed by atoms with Gasteiger partial charge in [-0.2, -0.15) is 0 Å². The summed E-state index contributed by atoms with van der Waals surface area (Å²) < 4.78 is 13.8. The van der Waals surface area contributed by atoms with Gasteiger partial charge in [0, 0.05) is 11.4 Å². The Morgan fingerprint density at radius 1 is 0.370 bits per heavy atom. The number of nitrogens with zero attached hydrogens (tertiary/aromatic N) is 2. The fourth-order valence-electron chi connectivity index (χ4n) is 6.48. The van der Waals surface area contributed by atoms with Crippen LogP contribution in [0.15, 0.2) is 176 Å². The third-order valence-corrected chi connectivity index (χ3v) is 8.58. The maximum absolute atomic E-state index is 13.8. The number of pyridine rings is 1. The first-order chi connectivity index (χ1) is 22.7. The molecule has 0 unspecified atom stereocenters. The van der Waals surface area contributed by atoms with E-state index in [1.54, 1.807) is 6.07 Å². The van der Waals surface area contributed by atoms with E-state index in [0.717, 1.165) is 16.9 Å². The van der Waals surface area contributed by atoms with Crippen molar-refractivity contribution in [1.29, 1.82) is 0 Å². The van der Waals surface area contributed by atoms with Crippen LogP contribution in [0.4, 0.5) is 21.6 Å². The predicted octanol–water partition coefficient (Wildman–Crippen LogP) is 12.0. The highest BCUT2D eigenvalue weighted by Gasteiger charge is 2.18. The zero-order valence-electron chi connectivity index (χ0n) is 25.0. The Labute approximate surface area is 267 Å². The van der Waals surface area contributed by atoms with Crippen molar-refractivity contribution in [1.82, 2.24) is 4.98 Å². The molecule has 46 heavy (non-hydrogen) atoms. The minimum absolute atomic E-state index is 0.360. The van der Waals surface area contributed by atoms with E-state index in [9.17, 15) is 4.39 Å². The van der Waals surface area contributed by atoms with Gasteiger partial charge < -0.3 is 0 Å². The topological polar surface area (TPSA) is 16.1 Å². The number of hydrogen-bond acceptors (Lipinski definition) is 2. The first-order valence-electron chi connectivity index (χ1n) is 15.4. The van der Waals surface area contributed by atoms with Gasteiger partial charge >= 0.3 is 0 Å². The molecule has 0 amide bonds. The van der Waals surface area contributed by atoms with Crippen molar-refractivity contribution in [3.8, 4) is 33.4 Å². The predicted molar refractivity (Wildman–Crippen MR) is 190 cm³/mol. The Bertz CT molecular complexity index is 2220. The second-order valence-corrected chi connectivity index (χ2v) is 11.3. The summed E-state index contributed by atoms with van der Waals surface area (Å²) in [6, 6.07) is 58.6. The van der Waals surface area contributed by atoms with E-state index in [2.05, 4.69) is 126 Å². The molecule has 0 spiro atoms. The second kappa shape index (κ2) is 11.8. The minimum atomic E-state index is -0.360. The Kier molecular flexibility index (Phi) is 7.05. The van der Waals surface area contributed by atoms with Crippen molar-refractivity contribution in [3.63, 3.8) is 0 Å². The van der Waals surface area contributed by atoms with Crippen LogP contribution in [0, 0.1) is 5.82 Å². The molecule has 0 bridgehead atoms. The maximum atomic E-state index is 13.8. The highest BCUT2D eigenvalue weighted by molar-refractivity contribution is 6.21. The first kappa shape index (κ1) is 27.5. The smallest absolute Gasteiger partial charge is 0.141 e. The molecule has 3 heteroatoms. The van der Waals surface area contributed by atoms with Crippen LogP contribution in [0.1, 0.15) is 0 Å². The van der Waals surface area contributed by atoms with Gasteiger partial charge in [0.1, 0.15) is 11.6 Å². The highest BCUT2D eigenvalue weighted by atomic mass is 19.1. The van der Waals surface area contributed by atoms with E-state index < -0.39 is 0 Å². The lowest BCUT2D eigenvalue weighted by atomic mass is 9.85. The molecule has 7 aromatic carbocycles. The van der Waals surface area contributed by atoms with Crippen molar-refractivity contribution in [3.05, 3.63) is 182 Å². The number of halogens is 1. The fourth-order valence-corrected chi connectivity index (χ4v) is 6.48. The molecule has 218 valence electrons. The summed E-state index contributed by atoms with van der Waals surface area (Å²) >= 11 is 0. The molecule has 0 radical (unpaired) electrons. The molecular formula is C43H29FN2. The molecule has 0 aliphatic heterocycles. The van der Waals surface area contributed by atoms with Crippen molar-refractivity contribution in [2.24, 2.45) is 0 Å². The Morgan fingerprint density at radius 2 is 0.783 bits per heavy atom. The summed E-state index contributed by atoms with van der Waals surface area (Å²) in [6.45, 7) is 0. The molecule has 0 N–H and O–H groups in total. The van der Waals surface area contributed by atoms with E-state index >= 15 is 0 Å². The van der Waals surface area contributed by atoms with Crippen molar-refractivity contribution in [2.75, 3.05) is 4.90 Å². The van der Waals surface area contributed by atoms with E-state index in [1.807, 2.05) is 41.3 Å².